The lowest BCUT2D eigenvalue weighted by molar-refractivity contribution is -0.0179. The molecule has 9 heteroatoms. The molecule has 1 aromatic heterocycles. The van der Waals surface area contributed by atoms with Gasteiger partial charge in [0.1, 0.15) is 0 Å². The molecular weight excluding hydrogens is 408 g/mol. The van der Waals surface area contributed by atoms with E-state index >= 15 is 0 Å². The molecule has 1 unspecified atom stereocenters. The Balaban J connectivity index is 1.48. The third kappa shape index (κ3) is 7.58. The van der Waals surface area contributed by atoms with Crippen molar-refractivity contribution in [2.45, 2.75) is 39.2 Å². The molecule has 0 radical (unpaired) electrons. The number of aliphatic hydroxyl groups is 1. The number of nitrogens with one attached hydrogen (secondary N) is 2. The van der Waals surface area contributed by atoms with Crippen molar-refractivity contribution in [1.82, 2.24) is 25.7 Å². The van der Waals surface area contributed by atoms with Crippen LogP contribution in [-0.4, -0.2) is 84.2 Å². The lowest BCUT2D eigenvalue weighted by atomic mass is 10.1. The Morgan fingerprint density at radius 3 is 2.59 bits per heavy atom. The average molecular weight is 445 g/mol. The third-order valence-electron chi connectivity index (χ3n) is 5.28. The van der Waals surface area contributed by atoms with Gasteiger partial charge in [0.25, 0.3) is 5.89 Å². The van der Waals surface area contributed by atoms with Gasteiger partial charge in [-0.3, -0.25) is 9.89 Å². The monoisotopic (exact) mass is 444 g/mol. The van der Waals surface area contributed by atoms with Crippen molar-refractivity contribution < 1.29 is 14.4 Å². The molecule has 32 heavy (non-hydrogen) atoms. The zero-order chi connectivity index (χ0) is 22.8. The summed E-state index contributed by atoms with van der Waals surface area (Å²) in [6.07, 6.45) is 1.60. The highest BCUT2D eigenvalue weighted by Crippen LogP contribution is 2.18. The molecule has 1 aliphatic rings. The minimum absolute atomic E-state index is 0.332. The van der Waals surface area contributed by atoms with Gasteiger partial charge in [-0.05, 0) is 38.0 Å². The number of aliphatic imine (C=N–C) groups is 1. The minimum Gasteiger partial charge on any atom is -0.387 e. The van der Waals surface area contributed by atoms with Crippen LogP contribution in [0.25, 0.3) is 11.5 Å². The first kappa shape index (κ1) is 24.2. The summed E-state index contributed by atoms with van der Waals surface area (Å²) in [5.41, 5.74) is 1.24. The van der Waals surface area contributed by atoms with Crippen LogP contribution < -0.4 is 10.6 Å². The molecule has 1 saturated heterocycles. The number of hydrogen-bond donors (Lipinski definition) is 3. The van der Waals surface area contributed by atoms with Gasteiger partial charge in [0, 0.05) is 44.7 Å². The molecule has 2 aromatic rings. The van der Waals surface area contributed by atoms with E-state index in [0.29, 0.717) is 30.8 Å². The minimum atomic E-state index is -0.887. The fraction of sp³-hybridized carbons (Fsp3) is 0.609. The number of aromatic nitrogens is 2. The fourth-order valence-corrected chi connectivity index (χ4v) is 3.54. The van der Waals surface area contributed by atoms with E-state index in [1.54, 1.807) is 0 Å². The Labute approximate surface area is 190 Å². The molecule has 1 atom stereocenters. The van der Waals surface area contributed by atoms with Gasteiger partial charge in [-0.1, -0.05) is 24.2 Å². The normalized spacial score (nSPS) is 17.2. The highest BCUT2D eigenvalue weighted by Gasteiger charge is 2.25. The summed E-state index contributed by atoms with van der Waals surface area (Å²) in [4.78, 5) is 11.2. The van der Waals surface area contributed by atoms with Crippen molar-refractivity contribution >= 4 is 5.96 Å². The Morgan fingerprint density at radius 1 is 1.19 bits per heavy atom. The quantitative estimate of drug-likeness (QED) is 0.374. The maximum Gasteiger partial charge on any atom is 0.257 e. The standard InChI is InChI=1S/C23H36N6O3/c1-4-20-27-21(32-28-20)19-8-6-18(7-9-19)10-11-25-22(24-5-2)26-16-23(3,30)17-29-12-14-31-15-13-29/h6-9,30H,4-5,10-17H2,1-3H3,(H2,24,25,26). The zero-order valence-electron chi connectivity index (χ0n) is 19.4. The van der Waals surface area contributed by atoms with Gasteiger partial charge in [0.15, 0.2) is 11.8 Å². The van der Waals surface area contributed by atoms with Crippen molar-refractivity contribution in [3.63, 3.8) is 0 Å². The van der Waals surface area contributed by atoms with Crippen molar-refractivity contribution in [2.75, 3.05) is 52.5 Å². The molecule has 9 nitrogen and oxygen atoms in total. The summed E-state index contributed by atoms with van der Waals surface area (Å²) in [6, 6.07) is 8.16. The first-order chi connectivity index (χ1) is 15.5. The maximum absolute atomic E-state index is 10.8. The van der Waals surface area contributed by atoms with Crippen LogP contribution in [0.2, 0.25) is 0 Å². The smallest absolute Gasteiger partial charge is 0.257 e. The van der Waals surface area contributed by atoms with Crippen molar-refractivity contribution in [3.05, 3.63) is 35.7 Å². The second kappa shape index (κ2) is 11.9. The van der Waals surface area contributed by atoms with Crippen LogP contribution in [0.15, 0.2) is 33.8 Å². The van der Waals surface area contributed by atoms with E-state index < -0.39 is 5.60 Å². The SMILES string of the molecule is CCNC(=NCC(C)(O)CN1CCOCC1)NCCc1ccc(-c2nc(CC)no2)cc1. The van der Waals surface area contributed by atoms with Crippen LogP contribution in [0.4, 0.5) is 0 Å². The summed E-state index contributed by atoms with van der Waals surface area (Å²) in [6.45, 7) is 11.4. The van der Waals surface area contributed by atoms with Crippen LogP contribution in [0.1, 0.15) is 32.2 Å². The number of aryl methyl sites for hydroxylation is 1. The summed E-state index contributed by atoms with van der Waals surface area (Å²) in [5.74, 6) is 1.98. The lowest BCUT2D eigenvalue weighted by Crippen LogP contribution is -2.48. The van der Waals surface area contributed by atoms with Crippen molar-refractivity contribution in [1.29, 1.82) is 0 Å². The molecule has 1 aliphatic heterocycles. The van der Waals surface area contributed by atoms with Gasteiger partial charge in [-0.15, -0.1) is 0 Å². The summed E-state index contributed by atoms with van der Waals surface area (Å²) in [7, 11) is 0. The number of rotatable bonds is 10. The maximum atomic E-state index is 10.8. The Bertz CT molecular complexity index is 844. The second-order valence-corrected chi connectivity index (χ2v) is 8.32. The second-order valence-electron chi connectivity index (χ2n) is 8.32. The molecule has 0 aliphatic carbocycles. The van der Waals surface area contributed by atoms with E-state index in [4.69, 9.17) is 9.26 Å². The van der Waals surface area contributed by atoms with E-state index in [0.717, 1.165) is 57.8 Å². The molecule has 0 amide bonds. The van der Waals surface area contributed by atoms with E-state index in [9.17, 15) is 5.11 Å². The molecule has 0 spiro atoms. The van der Waals surface area contributed by atoms with Crippen molar-refractivity contribution in [2.24, 2.45) is 4.99 Å². The Kier molecular flexibility index (Phi) is 9.01. The molecule has 1 aromatic carbocycles. The molecule has 1 fully saturated rings. The highest BCUT2D eigenvalue weighted by molar-refractivity contribution is 5.79. The predicted octanol–water partition coefficient (Wildman–Crippen LogP) is 1.48. The number of ether oxygens (including phenoxy) is 1. The molecule has 3 N–H and O–H groups in total. The number of hydrogen-bond acceptors (Lipinski definition) is 7. The van der Waals surface area contributed by atoms with E-state index in [-0.39, 0.29) is 0 Å². The van der Waals surface area contributed by atoms with Crippen LogP contribution in [0, 0.1) is 0 Å². The number of benzene rings is 1. The van der Waals surface area contributed by atoms with Gasteiger partial charge < -0.3 is 25.0 Å². The van der Waals surface area contributed by atoms with Gasteiger partial charge in [0.2, 0.25) is 0 Å². The van der Waals surface area contributed by atoms with Crippen LogP contribution >= 0.6 is 0 Å². The van der Waals surface area contributed by atoms with Crippen LogP contribution in [-0.2, 0) is 17.6 Å². The van der Waals surface area contributed by atoms with Gasteiger partial charge in [-0.25, -0.2) is 0 Å². The van der Waals surface area contributed by atoms with E-state index in [2.05, 4.69) is 42.8 Å². The third-order valence-corrected chi connectivity index (χ3v) is 5.28. The fourth-order valence-electron chi connectivity index (χ4n) is 3.54. The molecule has 176 valence electrons. The van der Waals surface area contributed by atoms with Gasteiger partial charge in [0.05, 0.1) is 25.4 Å². The Morgan fingerprint density at radius 2 is 1.94 bits per heavy atom. The molecular formula is C23H36N6O3. The van der Waals surface area contributed by atoms with Crippen molar-refractivity contribution in [3.8, 4) is 11.5 Å². The first-order valence-electron chi connectivity index (χ1n) is 11.5. The topological polar surface area (TPSA) is 108 Å². The summed E-state index contributed by atoms with van der Waals surface area (Å²) < 4.78 is 10.7. The number of guanidine groups is 1. The molecule has 3 rings (SSSR count). The highest BCUT2D eigenvalue weighted by atomic mass is 16.5. The molecule has 0 bridgehead atoms. The van der Waals surface area contributed by atoms with Crippen LogP contribution in [0.3, 0.4) is 0 Å². The predicted molar refractivity (Wildman–Crippen MR) is 125 cm³/mol. The number of β-amino-alcohol motifs (C(OH)–C–C–N with tert-alkyl or cyclic N) is 1. The largest absolute Gasteiger partial charge is 0.387 e. The lowest BCUT2D eigenvalue weighted by Gasteiger charge is -2.33. The zero-order valence-corrected chi connectivity index (χ0v) is 19.4. The molecule has 0 saturated carbocycles. The average Bonchev–Trinajstić information content (AvgIpc) is 3.28. The summed E-state index contributed by atoms with van der Waals surface area (Å²) in [5, 5.41) is 21.3. The molecule has 2 heterocycles. The number of nitrogens with zero attached hydrogens (tertiary/aromatic N) is 4. The first-order valence-corrected chi connectivity index (χ1v) is 11.5. The van der Waals surface area contributed by atoms with E-state index in [1.165, 1.54) is 5.56 Å². The Hall–Kier alpha value is -2.49. The van der Waals surface area contributed by atoms with Gasteiger partial charge in [-0.2, -0.15) is 4.98 Å². The van der Waals surface area contributed by atoms with Gasteiger partial charge >= 0.3 is 0 Å². The summed E-state index contributed by atoms with van der Waals surface area (Å²) >= 11 is 0. The van der Waals surface area contributed by atoms with E-state index in [1.807, 2.05) is 32.9 Å². The number of morpholine rings is 1. The van der Waals surface area contributed by atoms with Crippen LogP contribution in [0.5, 0.6) is 0 Å².